The van der Waals surface area contributed by atoms with Crippen LogP contribution in [0.3, 0.4) is 0 Å². The van der Waals surface area contributed by atoms with Crippen molar-refractivity contribution in [3.05, 3.63) is 77.4 Å². The topological polar surface area (TPSA) is 34.4 Å². The molecule has 0 unspecified atom stereocenters. The van der Waals surface area contributed by atoms with Gasteiger partial charge >= 0.3 is 0 Å². The molecule has 5 heteroatoms. The zero-order chi connectivity index (χ0) is 15.5. The van der Waals surface area contributed by atoms with E-state index in [2.05, 4.69) is 11.6 Å². The molecule has 3 aromatic rings. The Labute approximate surface area is 130 Å². The molecule has 0 spiro atoms. The monoisotopic (exact) mass is 312 g/mol. The molecule has 0 aliphatic heterocycles. The molecular weight excluding hydrogens is 299 g/mol. The van der Waals surface area contributed by atoms with Crippen LogP contribution in [0.4, 0.5) is 4.39 Å². The number of benzene rings is 2. The molecule has 1 aromatic heterocycles. The number of rotatable bonds is 3. The lowest BCUT2D eigenvalue weighted by molar-refractivity contribution is 0.0998. The lowest BCUT2D eigenvalue weighted by Gasteiger charge is -2.00. The molecule has 3 nitrogen and oxygen atoms in total. The van der Waals surface area contributed by atoms with Gasteiger partial charge in [0, 0.05) is 12.1 Å². The average Bonchev–Trinajstić information content (AvgIpc) is 2.85. The summed E-state index contributed by atoms with van der Waals surface area (Å²) >= 11 is 1.29. The van der Waals surface area contributed by atoms with E-state index >= 15 is 0 Å². The Morgan fingerprint density at radius 2 is 2.05 bits per heavy atom. The number of hydrogen-bond acceptors (Lipinski definition) is 2. The van der Waals surface area contributed by atoms with Gasteiger partial charge in [0.15, 0.2) is 4.80 Å². The minimum Gasteiger partial charge on any atom is -0.312 e. The van der Waals surface area contributed by atoms with E-state index < -0.39 is 0 Å². The molecule has 0 bridgehead atoms. The fourth-order valence-corrected chi connectivity index (χ4v) is 3.23. The first-order valence-corrected chi connectivity index (χ1v) is 7.54. The van der Waals surface area contributed by atoms with Gasteiger partial charge in [-0.3, -0.25) is 4.79 Å². The number of amides is 1. The molecule has 1 heterocycles. The van der Waals surface area contributed by atoms with Crippen LogP contribution in [0.5, 0.6) is 0 Å². The van der Waals surface area contributed by atoms with Crippen molar-refractivity contribution in [3.8, 4) is 0 Å². The van der Waals surface area contributed by atoms with Crippen LogP contribution in [-0.4, -0.2) is 10.5 Å². The highest BCUT2D eigenvalue weighted by Crippen LogP contribution is 2.18. The summed E-state index contributed by atoms with van der Waals surface area (Å²) in [5, 5.41) is 0. The van der Waals surface area contributed by atoms with E-state index in [0.717, 1.165) is 10.2 Å². The summed E-state index contributed by atoms with van der Waals surface area (Å²) in [5.74, 6) is -0.620. The third-order valence-corrected chi connectivity index (χ3v) is 4.22. The van der Waals surface area contributed by atoms with Gasteiger partial charge in [-0.05, 0) is 30.3 Å². The highest BCUT2D eigenvalue weighted by Gasteiger charge is 2.09. The molecule has 22 heavy (non-hydrogen) atoms. The molecule has 0 aliphatic rings. The van der Waals surface area contributed by atoms with Gasteiger partial charge in [0.1, 0.15) is 5.82 Å². The molecule has 0 saturated carbocycles. The second-order valence-corrected chi connectivity index (χ2v) is 5.69. The fourth-order valence-electron chi connectivity index (χ4n) is 2.17. The lowest BCUT2D eigenvalue weighted by Crippen LogP contribution is -2.16. The Kier molecular flexibility index (Phi) is 3.98. The van der Waals surface area contributed by atoms with Crippen LogP contribution < -0.4 is 4.80 Å². The second kappa shape index (κ2) is 6.07. The summed E-state index contributed by atoms with van der Waals surface area (Å²) in [7, 11) is 0. The standard InChI is InChI=1S/C17H13FN2OS/c1-2-10-20-14-9-8-13(18)11-15(14)22-17(20)19-16(21)12-6-4-3-5-7-12/h2-9,11H,1,10H2. The molecule has 0 N–H and O–H groups in total. The van der Waals surface area contributed by atoms with Crippen LogP contribution in [0.25, 0.3) is 10.2 Å². The van der Waals surface area contributed by atoms with Gasteiger partial charge in [-0.2, -0.15) is 4.99 Å². The maximum atomic E-state index is 13.4. The highest BCUT2D eigenvalue weighted by molar-refractivity contribution is 7.16. The SMILES string of the molecule is C=CCn1c(=NC(=O)c2ccccc2)sc2cc(F)ccc21. The van der Waals surface area contributed by atoms with Gasteiger partial charge in [0.25, 0.3) is 5.91 Å². The summed E-state index contributed by atoms with van der Waals surface area (Å²) < 4.78 is 16.0. The number of aromatic nitrogens is 1. The van der Waals surface area contributed by atoms with Crippen molar-refractivity contribution in [3.63, 3.8) is 0 Å². The zero-order valence-electron chi connectivity index (χ0n) is 11.7. The molecule has 0 atom stereocenters. The van der Waals surface area contributed by atoms with E-state index in [-0.39, 0.29) is 11.7 Å². The Morgan fingerprint density at radius 1 is 1.27 bits per heavy atom. The maximum absolute atomic E-state index is 13.4. The van der Waals surface area contributed by atoms with Gasteiger partial charge in [-0.15, -0.1) is 6.58 Å². The van der Waals surface area contributed by atoms with Gasteiger partial charge in [0.05, 0.1) is 10.2 Å². The minimum absolute atomic E-state index is 0.305. The van der Waals surface area contributed by atoms with Crippen LogP contribution in [0.2, 0.25) is 0 Å². The average molecular weight is 312 g/mol. The third kappa shape index (κ3) is 2.76. The summed E-state index contributed by atoms with van der Waals surface area (Å²) in [5.41, 5.74) is 1.36. The predicted octanol–water partition coefficient (Wildman–Crippen LogP) is 3.77. The summed E-state index contributed by atoms with van der Waals surface area (Å²) in [6, 6.07) is 13.4. The van der Waals surface area contributed by atoms with Crippen LogP contribution in [-0.2, 0) is 6.54 Å². The lowest BCUT2D eigenvalue weighted by atomic mass is 10.2. The summed E-state index contributed by atoms with van der Waals surface area (Å²) in [6.45, 7) is 4.23. The third-order valence-electron chi connectivity index (χ3n) is 3.17. The second-order valence-electron chi connectivity index (χ2n) is 4.68. The van der Waals surface area contributed by atoms with E-state index in [9.17, 15) is 9.18 Å². The molecule has 3 rings (SSSR count). The number of allylic oxidation sites excluding steroid dienone is 1. The number of hydrogen-bond donors (Lipinski definition) is 0. The number of thiazole rings is 1. The van der Waals surface area contributed by atoms with Crippen molar-refractivity contribution in [2.75, 3.05) is 0 Å². The van der Waals surface area contributed by atoms with Crippen molar-refractivity contribution in [1.82, 2.24) is 4.57 Å². The smallest absolute Gasteiger partial charge is 0.279 e. The highest BCUT2D eigenvalue weighted by atomic mass is 32.1. The molecule has 0 aliphatic carbocycles. The van der Waals surface area contributed by atoms with E-state index in [1.54, 1.807) is 36.4 Å². The van der Waals surface area contributed by atoms with Gasteiger partial charge in [-0.25, -0.2) is 4.39 Å². The van der Waals surface area contributed by atoms with Crippen molar-refractivity contribution in [2.45, 2.75) is 6.54 Å². The molecule has 2 aromatic carbocycles. The zero-order valence-corrected chi connectivity index (χ0v) is 12.5. The molecule has 1 amide bonds. The Bertz CT molecular complexity index is 909. The predicted molar refractivity (Wildman–Crippen MR) is 86.3 cm³/mol. The Hall–Kier alpha value is -2.53. The quantitative estimate of drug-likeness (QED) is 0.678. The summed E-state index contributed by atoms with van der Waals surface area (Å²) in [4.78, 5) is 17.0. The van der Waals surface area contributed by atoms with Gasteiger partial charge in [0.2, 0.25) is 0 Å². The van der Waals surface area contributed by atoms with Crippen molar-refractivity contribution < 1.29 is 9.18 Å². The van der Waals surface area contributed by atoms with Crippen LogP contribution in [0.1, 0.15) is 10.4 Å². The molecule has 0 saturated heterocycles. The van der Waals surface area contributed by atoms with Crippen molar-refractivity contribution in [2.24, 2.45) is 4.99 Å². The van der Waals surface area contributed by atoms with Gasteiger partial charge in [-0.1, -0.05) is 35.6 Å². The molecule has 0 fully saturated rings. The normalized spacial score (nSPS) is 11.8. The number of nitrogens with zero attached hydrogens (tertiary/aromatic N) is 2. The molecular formula is C17H13FN2OS. The largest absolute Gasteiger partial charge is 0.312 e. The molecule has 0 radical (unpaired) electrons. The molecule has 110 valence electrons. The maximum Gasteiger partial charge on any atom is 0.279 e. The van der Waals surface area contributed by atoms with Crippen molar-refractivity contribution >= 4 is 27.5 Å². The number of fused-ring (bicyclic) bond motifs is 1. The summed E-state index contributed by atoms with van der Waals surface area (Å²) in [6.07, 6.45) is 1.72. The van der Waals surface area contributed by atoms with E-state index in [1.807, 2.05) is 10.6 Å². The number of halogens is 1. The van der Waals surface area contributed by atoms with E-state index in [0.29, 0.717) is 16.9 Å². The van der Waals surface area contributed by atoms with Crippen LogP contribution in [0, 0.1) is 5.82 Å². The van der Waals surface area contributed by atoms with Gasteiger partial charge < -0.3 is 4.57 Å². The first kappa shape index (κ1) is 14.4. The van der Waals surface area contributed by atoms with Crippen molar-refractivity contribution in [1.29, 1.82) is 0 Å². The first-order chi connectivity index (χ1) is 10.7. The fraction of sp³-hybridized carbons (Fsp3) is 0.0588. The van der Waals surface area contributed by atoms with Crippen LogP contribution >= 0.6 is 11.3 Å². The van der Waals surface area contributed by atoms with E-state index in [1.165, 1.54) is 23.5 Å². The first-order valence-electron chi connectivity index (χ1n) is 6.73. The Balaban J connectivity index is 2.17. The number of carbonyl (C=O) groups excluding carboxylic acids is 1. The Morgan fingerprint density at radius 3 is 2.77 bits per heavy atom. The minimum atomic E-state index is -0.314. The van der Waals surface area contributed by atoms with E-state index in [4.69, 9.17) is 0 Å². The number of carbonyl (C=O) groups is 1. The van der Waals surface area contributed by atoms with Crippen LogP contribution in [0.15, 0.2) is 66.2 Å².